The summed E-state index contributed by atoms with van der Waals surface area (Å²) in [5, 5.41) is 6.11. The maximum Gasteiger partial charge on any atom is 0.188 e. The van der Waals surface area contributed by atoms with Crippen molar-refractivity contribution in [3.63, 3.8) is 0 Å². The number of thiocarbonyl (C=S) groups is 1. The lowest BCUT2D eigenvalue weighted by molar-refractivity contribution is 0.452. The summed E-state index contributed by atoms with van der Waals surface area (Å²) in [7, 11) is 0. The zero-order valence-corrected chi connectivity index (χ0v) is 10.7. The Kier molecular flexibility index (Phi) is 3.83. The number of nitrogens with one attached hydrogen (secondary N) is 2. The first kappa shape index (κ1) is 12.2. The third-order valence-corrected chi connectivity index (χ3v) is 3.06. The zero-order valence-electron chi connectivity index (χ0n) is 9.11. The van der Waals surface area contributed by atoms with Crippen LogP contribution in [0.3, 0.4) is 0 Å². The Labute approximate surface area is 110 Å². The first-order valence-corrected chi connectivity index (χ1v) is 5.95. The van der Waals surface area contributed by atoms with Crippen molar-refractivity contribution in [3.05, 3.63) is 46.7 Å². The van der Waals surface area contributed by atoms with Crippen LogP contribution >= 0.6 is 23.8 Å². The van der Waals surface area contributed by atoms with Crippen LogP contribution in [-0.2, 0) is 6.54 Å². The molecule has 17 heavy (non-hydrogen) atoms. The van der Waals surface area contributed by atoms with E-state index in [0.29, 0.717) is 18.2 Å². The Hall–Kier alpha value is -1.30. The summed E-state index contributed by atoms with van der Waals surface area (Å²) in [6.07, 6.45) is 1.77. The molecule has 2 rings (SSSR count). The predicted molar refractivity (Wildman–Crippen MR) is 73.0 cm³/mol. The summed E-state index contributed by atoms with van der Waals surface area (Å²) in [5.74, 6) is 0. The molecule has 0 aliphatic carbocycles. The molecule has 0 aromatic heterocycles. The molecule has 0 saturated heterocycles. The molecule has 0 spiro atoms. The lowest BCUT2D eigenvalue weighted by Crippen LogP contribution is -2.41. The standard InChI is InChI=1S/C11H13ClN4S/c12-10-4-2-1-3-8(10)5-14-11(17)16-7-9(13)6-15-16/h1-4,7,15H,5-6,13H2,(H,14,17). The van der Waals surface area contributed by atoms with Crippen molar-refractivity contribution in [2.75, 3.05) is 6.54 Å². The van der Waals surface area contributed by atoms with Gasteiger partial charge in [0.05, 0.1) is 6.54 Å². The molecule has 4 nitrogen and oxygen atoms in total. The molecule has 1 heterocycles. The van der Waals surface area contributed by atoms with Crippen molar-refractivity contribution < 1.29 is 0 Å². The van der Waals surface area contributed by atoms with E-state index in [-0.39, 0.29) is 0 Å². The number of halogens is 1. The predicted octanol–water partition coefficient (Wildman–Crippen LogP) is 1.33. The third-order valence-electron chi connectivity index (χ3n) is 2.36. The van der Waals surface area contributed by atoms with Crippen LogP contribution in [0.5, 0.6) is 0 Å². The molecule has 0 atom stereocenters. The van der Waals surface area contributed by atoms with E-state index in [2.05, 4.69) is 10.7 Å². The first-order chi connectivity index (χ1) is 8.16. The normalized spacial score (nSPS) is 14.6. The number of hydrogen-bond donors (Lipinski definition) is 3. The molecule has 0 fully saturated rings. The highest BCUT2D eigenvalue weighted by Crippen LogP contribution is 2.14. The van der Waals surface area contributed by atoms with Gasteiger partial charge < -0.3 is 11.1 Å². The van der Waals surface area contributed by atoms with E-state index in [1.54, 1.807) is 11.2 Å². The molecular formula is C11H13ClN4S. The molecular weight excluding hydrogens is 256 g/mol. The minimum Gasteiger partial charge on any atom is -0.400 e. The molecule has 0 amide bonds. The molecule has 0 radical (unpaired) electrons. The van der Waals surface area contributed by atoms with Crippen LogP contribution in [0.15, 0.2) is 36.2 Å². The summed E-state index contributed by atoms with van der Waals surface area (Å²) < 4.78 is 0. The van der Waals surface area contributed by atoms with Gasteiger partial charge in [-0.25, -0.2) is 5.43 Å². The Morgan fingerprint density at radius 3 is 2.94 bits per heavy atom. The molecule has 1 aliphatic heterocycles. The molecule has 90 valence electrons. The highest BCUT2D eigenvalue weighted by Gasteiger charge is 2.13. The number of nitrogens with two attached hydrogens (primary N) is 1. The van der Waals surface area contributed by atoms with Gasteiger partial charge in [-0.1, -0.05) is 29.8 Å². The first-order valence-electron chi connectivity index (χ1n) is 5.17. The van der Waals surface area contributed by atoms with Gasteiger partial charge >= 0.3 is 0 Å². The summed E-state index contributed by atoms with van der Waals surface area (Å²) in [6, 6.07) is 7.65. The monoisotopic (exact) mass is 268 g/mol. The average molecular weight is 269 g/mol. The van der Waals surface area contributed by atoms with Crippen molar-refractivity contribution in [1.29, 1.82) is 0 Å². The molecule has 1 aromatic carbocycles. The van der Waals surface area contributed by atoms with Gasteiger partial charge in [-0.2, -0.15) is 0 Å². The number of hydrogen-bond acceptors (Lipinski definition) is 3. The second-order valence-corrected chi connectivity index (χ2v) is 4.45. The third kappa shape index (κ3) is 3.09. The lowest BCUT2D eigenvalue weighted by atomic mass is 10.2. The number of nitrogens with zero attached hydrogens (tertiary/aromatic N) is 1. The second kappa shape index (κ2) is 5.35. The number of rotatable bonds is 2. The van der Waals surface area contributed by atoms with Crippen LogP contribution in [0.1, 0.15) is 5.56 Å². The molecule has 0 saturated carbocycles. The van der Waals surface area contributed by atoms with Gasteiger partial charge in [0.15, 0.2) is 5.11 Å². The van der Waals surface area contributed by atoms with Gasteiger partial charge in [0.2, 0.25) is 0 Å². The minimum atomic E-state index is 0.574. The average Bonchev–Trinajstić information content (AvgIpc) is 2.74. The molecule has 6 heteroatoms. The van der Waals surface area contributed by atoms with Crippen molar-refractivity contribution >= 4 is 28.9 Å². The maximum absolute atomic E-state index is 6.05. The molecule has 0 unspecified atom stereocenters. The maximum atomic E-state index is 6.05. The fourth-order valence-electron chi connectivity index (χ4n) is 1.46. The van der Waals surface area contributed by atoms with Gasteiger partial charge in [0, 0.05) is 23.5 Å². The lowest BCUT2D eigenvalue weighted by Gasteiger charge is -2.18. The summed E-state index contributed by atoms with van der Waals surface area (Å²) >= 11 is 11.3. The van der Waals surface area contributed by atoms with Gasteiger partial charge in [0.25, 0.3) is 0 Å². The zero-order chi connectivity index (χ0) is 12.3. The van der Waals surface area contributed by atoms with Gasteiger partial charge in [0.1, 0.15) is 0 Å². The van der Waals surface area contributed by atoms with Crippen LogP contribution in [0.25, 0.3) is 0 Å². The van der Waals surface area contributed by atoms with Crippen LogP contribution in [0.2, 0.25) is 5.02 Å². The summed E-state index contributed by atoms with van der Waals surface area (Å²) in [6.45, 7) is 1.21. The van der Waals surface area contributed by atoms with E-state index in [4.69, 9.17) is 29.6 Å². The molecule has 4 N–H and O–H groups in total. The highest BCUT2D eigenvalue weighted by molar-refractivity contribution is 7.80. The van der Waals surface area contributed by atoms with E-state index < -0.39 is 0 Å². The van der Waals surface area contributed by atoms with E-state index >= 15 is 0 Å². The fourth-order valence-corrected chi connectivity index (χ4v) is 1.85. The van der Waals surface area contributed by atoms with Gasteiger partial charge in [-0.05, 0) is 23.8 Å². The number of benzene rings is 1. The van der Waals surface area contributed by atoms with Crippen LogP contribution in [0.4, 0.5) is 0 Å². The number of hydrazine groups is 1. The van der Waals surface area contributed by atoms with Crippen molar-refractivity contribution in [3.8, 4) is 0 Å². The van der Waals surface area contributed by atoms with E-state index in [1.165, 1.54) is 0 Å². The molecule has 1 aliphatic rings. The van der Waals surface area contributed by atoms with Crippen molar-refractivity contribution in [2.45, 2.75) is 6.54 Å². The van der Waals surface area contributed by atoms with E-state index in [1.807, 2.05) is 24.3 Å². The van der Waals surface area contributed by atoms with Gasteiger partial charge in [-0.3, -0.25) is 5.01 Å². The topological polar surface area (TPSA) is 53.3 Å². The highest BCUT2D eigenvalue weighted by atomic mass is 35.5. The fraction of sp³-hybridized carbons (Fsp3) is 0.182. The Morgan fingerprint density at radius 1 is 1.53 bits per heavy atom. The Morgan fingerprint density at radius 2 is 2.29 bits per heavy atom. The smallest absolute Gasteiger partial charge is 0.188 e. The van der Waals surface area contributed by atoms with Crippen LogP contribution < -0.4 is 16.5 Å². The Bertz CT molecular complexity index is 461. The van der Waals surface area contributed by atoms with Crippen molar-refractivity contribution in [1.82, 2.24) is 15.8 Å². The molecule has 0 bridgehead atoms. The molecule has 1 aromatic rings. The van der Waals surface area contributed by atoms with Crippen LogP contribution in [-0.4, -0.2) is 16.7 Å². The van der Waals surface area contributed by atoms with Gasteiger partial charge in [-0.15, -0.1) is 0 Å². The largest absolute Gasteiger partial charge is 0.400 e. The SMILES string of the molecule is NC1=CN(C(=S)NCc2ccccc2Cl)NC1. The van der Waals surface area contributed by atoms with E-state index in [0.717, 1.165) is 16.3 Å². The summed E-state index contributed by atoms with van der Waals surface area (Å²) in [4.78, 5) is 0. The van der Waals surface area contributed by atoms with Crippen LogP contribution in [0, 0.1) is 0 Å². The Balaban J connectivity index is 1.91. The van der Waals surface area contributed by atoms with Crippen molar-refractivity contribution in [2.24, 2.45) is 5.73 Å². The quantitative estimate of drug-likeness (QED) is 0.707. The second-order valence-electron chi connectivity index (χ2n) is 3.66. The van der Waals surface area contributed by atoms with E-state index in [9.17, 15) is 0 Å². The minimum absolute atomic E-state index is 0.574. The summed E-state index contributed by atoms with van der Waals surface area (Å²) in [5.41, 5.74) is 10.4.